The highest BCUT2D eigenvalue weighted by Gasteiger charge is 2.11. The number of nitrogens with one attached hydrogen (secondary N) is 1. The SMILES string of the molecule is Cc1ccc(NC(=O)/C(C#N)=C/c2ccc(OCc3ccc([N+](=O)[O-])cc3)c(Br)c2)cc1C. The van der Waals surface area contributed by atoms with E-state index in [0.29, 0.717) is 21.5 Å². The molecular weight excluding hydrogens is 486 g/mol. The number of ether oxygens (including phenoxy) is 1. The van der Waals surface area contributed by atoms with E-state index < -0.39 is 10.8 Å². The van der Waals surface area contributed by atoms with E-state index in [1.807, 2.05) is 32.0 Å². The van der Waals surface area contributed by atoms with Gasteiger partial charge in [-0.15, -0.1) is 0 Å². The number of nitro groups is 1. The van der Waals surface area contributed by atoms with Crippen LogP contribution >= 0.6 is 15.9 Å². The number of aryl methyl sites for hydroxylation is 2. The average Bonchev–Trinajstić information content (AvgIpc) is 2.79. The van der Waals surface area contributed by atoms with Gasteiger partial charge < -0.3 is 10.1 Å². The normalized spacial score (nSPS) is 10.9. The molecule has 0 saturated carbocycles. The summed E-state index contributed by atoms with van der Waals surface area (Å²) in [5.74, 6) is 0.0685. The first-order valence-electron chi connectivity index (χ1n) is 9.93. The molecule has 8 heteroatoms. The van der Waals surface area contributed by atoms with E-state index in [2.05, 4.69) is 21.2 Å². The van der Waals surface area contributed by atoms with Crippen molar-refractivity contribution in [3.63, 3.8) is 0 Å². The van der Waals surface area contributed by atoms with E-state index in [4.69, 9.17) is 4.74 Å². The van der Waals surface area contributed by atoms with Crippen molar-refractivity contribution in [1.82, 2.24) is 0 Å². The molecule has 0 aliphatic carbocycles. The van der Waals surface area contributed by atoms with Crippen molar-refractivity contribution < 1.29 is 14.5 Å². The van der Waals surface area contributed by atoms with E-state index in [1.54, 1.807) is 36.4 Å². The second-order valence-electron chi connectivity index (χ2n) is 7.33. The Morgan fingerprint density at radius 2 is 1.85 bits per heavy atom. The number of carbonyl (C=O) groups excluding carboxylic acids is 1. The first-order chi connectivity index (χ1) is 15.8. The molecule has 0 heterocycles. The van der Waals surface area contributed by atoms with Crippen LogP contribution in [0.25, 0.3) is 6.08 Å². The second-order valence-corrected chi connectivity index (χ2v) is 8.18. The van der Waals surface area contributed by atoms with Gasteiger partial charge in [0.2, 0.25) is 0 Å². The molecule has 3 aromatic rings. The number of nitro benzene ring substituents is 1. The molecule has 0 spiro atoms. The fourth-order valence-electron chi connectivity index (χ4n) is 2.93. The Morgan fingerprint density at radius 3 is 2.45 bits per heavy atom. The number of anilines is 1. The Labute approximate surface area is 199 Å². The van der Waals surface area contributed by atoms with E-state index >= 15 is 0 Å². The predicted molar refractivity (Wildman–Crippen MR) is 130 cm³/mol. The summed E-state index contributed by atoms with van der Waals surface area (Å²) in [5.41, 5.74) is 4.21. The zero-order valence-corrected chi connectivity index (χ0v) is 19.5. The predicted octanol–water partition coefficient (Wildman–Crippen LogP) is 6.10. The molecule has 1 amide bonds. The van der Waals surface area contributed by atoms with Gasteiger partial charge in [-0.2, -0.15) is 5.26 Å². The smallest absolute Gasteiger partial charge is 0.269 e. The highest BCUT2D eigenvalue weighted by molar-refractivity contribution is 9.10. The molecule has 0 unspecified atom stereocenters. The average molecular weight is 506 g/mol. The molecule has 0 aliphatic heterocycles. The van der Waals surface area contributed by atoms with Crippen molar-refractivity contribution in [3.8, 4) is 11.8 Å². The summed E-state index contributed by atoms with van der Waals surface area (Å²) in [7, 11) is 0. The zero-order valence-electron chi connectivity index (χ0n) is 18.0. The third kappa shape index (κ3) is 6.28. The molecule has 166 valence electrons. The Hall–Kier alpha value is -3.96. The Kier molecular flexibility index (Phi) is 7.59. The quantitative estimate of drug-likeness (QED) is 0.181. The molecule has 0 saturated heterocycles. The maximum atomic E-state index is 12.5. The number of carbonyl (C=O) groups is 1. The largest absolute Gasteiger partial charge is 0.488 e. The van der Waals surface area contributed by atoms with Crippen LogP contribution in [0.3, 0.4) is 0 Å². The minimum atomic E-state index is -0.490. The number of hydrogen-bond donors (Lipinski definition) is 1. The topological polar surface area (TPSA) is 105 Å². The van der Waals surface area contributed by atoms with Crippen molar-refractivity contribution in [2.24, 2.45) is 0 Å². The summed E-state index contributed by atoms with van der Waals surface area (Å²) < 4.78 is 6.42. The van der Waals surface area contributed by atoms with E-state index in [0.717, 1.165) is 16.7 Å². The first kappa shape index (κ1) is 23.7. The van der Waals surface area contributed by atoms with E-state index in [-0.39, 0.29) is 17.9 Å². The van der Waals surface area contributed by atoms with Gasteiger partial charge in [-0.05, 0) is 94.5 Å². The minimum absolute atomic E-state index is 0.0194. The van der Waals surface area contributed by atoms with E-state index in [1.165, 1.54) is 18.2 Å². The molecule has 0 radical (unpaired) electrons. The van der Waals surface area contributed by atoms with Crippen LogP contribution in [0.2, 0.25) is 0 Å². The molecular formula is C25H20BrN3O4. The fraction of sp³-hybridized carbons (Fsp3) is 0.120. The highest BCUT2D eigenvalue weighted by Crippen LogP contribution is 2.28. The number of amides is 1. The maximum Gasteiger partial charge on any atom is 0.269 e. The molecule has 3 rings (SSSR count). The van der Waals surface area contributed by atoms with Gasteiger partial charge in [0, 0.05) is 17.8 Å². The molecule has 1 N–H and O–H groups in total. The highest BCUT2D eigenvalue weighted by atomic mass is 79.9. The lowest BCUT2D eigenvalue weighted by atomic mass is 10.1. The Morgan fingerprint density at radius 1 is 1.12 bits per heavy atom. The third-order valence-electron chi connectivity index (χ3n) is 4.94. The summed E-state index contributed by atoms with van der Waals surface area (Å²) in [6, 6.07) is 18.8. The lowest BCUT2D eigenvalue weighted by Crippen LogP contribution is -2.13. The number of hydrogen-bond acceptors (Lipinski definition) is 5. The number of nitrogens with zero attached hydrogens (tertiary/aromatic N) is 2. The zero-order chi connectivity index (χ0) is 24.0. The summed E-state index contributed by atoms with van der Waals surface area (Å²) in [5, 5.41) is 23.0. The minimum Gasteiger partial charge on any atom is -0.488 e. The van der Waals surface area contributed by atoms with Crippen molar-refractivity contribution in [1.29, 1.82) is 5.26 Å². The van der Waals surface area contributed by atoms with Gasteiger partial charge >= 0.3 is 0 Å². The Balaban J connectivity index is 1.69. The van der Waals surface area contributed by atoms with Crippen LogP contribution in [0.4, 0.5) is 11.4 Å². The van der Waals surface area contributed by atoms with Crippen molar-refractivity contribution in [3.05, 3.63) is 103 Å². The number of non-ortho nitro benzene ring substituents is 1. The lowest BCUT2D eigenvalue weighted by Gasteiger charge is -2.09. The third-order valence-corrected chi connectivity index (χ3v) is 5.56. The van der Waals surface area contributed by atoms with Gasteiger partial charge in [0.1, 0.15) is 24.0 Å². The fourth-order valence-corrected chi connectivity index (χ4v) is 3.44. The number of rotatable bonds is 7. The van der Waals surface area contributed by atoms with Crippen LogP contribution in [0.1, 0.15) is 22.3 Å². The molecule has 0 fully saturated rings. The number of benzene rings is 3. The summed E-state index contributed by atoms with van der Waals surface area (Å²) >= 11 is 3.44. The first-order valence-corrected chi connectivity index (χ1v) is 10.7. The second kappa shape index (κ2) is 10.6. The van der Waals surface area contributed by atoms with Gasteiger partial charge in [-0.25, -0.2) is 0 Å². The van der Waals surface area contributed by atoms with Gasteiger partial charge in [0.25, 0.3) is 11.6 Å². The van der Waals surface area contributed by atoms with Crippen LogP contribution in [0.15, 0.2) is 70.7 Å². The van der Waals surface area contributed by atoms with Crippen LogP contribution < -0.4 is 10.1 Å². The summed E-state index contributed by atoms with van der Waals surface area (Å²) in [4.78, 5) is 22.8. The maximum absolute atomic E-state index is 12.5. The van der Waals surface area contributed by atoms with Gasteiger partial charge in [0.15, 0.2) is 0 Å². The molecule has 3 aromatic carbocycles. The number of nitriles is 1. The lowest BCUT2D eigenvalue weighted by molar-refractivity contribution is -0.384. The van der Waals surface area contributed by atoms with Gasteiger partial charge in [-0.3, -0.25) is 14.9 Å². The molecule has 0 aromatic heterocycles. The van der Waals surface area contributed by atoms with Crippen molar-refractivity contribution in [2.75, 3.05) is 5.32 Å². The monoisotopic (exact) mass is 505 g/mol. The van der Waals surface area contributed by atoms with Crippen LogP contribution in [-0.4, -0.2) is 10.8 Å². The summed E-state index contributed by atoms with van der Waals surface area (Å²) in [6.45, 7) is 4.17. The number of halogens is 1. The Bertz CT molecular complexity index is 1280. The summed E-state index contributed by atoms with van der Waals surface area (Å²) in [6.07, 6.45) is 1.50. The van der Waals surface area contributed by atoms with Crippen LogP contribution in [-0.2, 0) is 11.4 Å². The van der Waals surface area contributed by atoms with E-state index in [9.17, 15) is 20.2 Å². The van der Waals surface area contributed by atoms with Crippen LogP contribution in [0, 0.1) is 35.3 Å². The molecule has 0 aliphatic rings. The van der Waals surface area contributed by atoms with Crippen molar-refractivity contribution >= 4 is 39.3 Å². The molecule has 33 heavy (non-hydrogen) atoms. The van der Waals surface area contributed by atoms with Crippen LogP contribution in [0.5, 0.6) is 5.75 Å². The standard InChI is InChI=1S/C25H20BrN3O4/c1-16-3-7-21(11-17(16)2)28-25(30)20(14-27)12-19-6-10-24(23(26)13-19)33-15-18-4-8-22(9-5-18)29(31)32/h3-13H,15H2,1-2H3,(H,28,30)/b20-12+. The van der Waals surface area contributed by atoms with Gasteiger partial charge in [0.05, 0.1) is 9.40 Å². The molecule has 0 atom stereocenters. The van der Waals surface area contributed by atoms with Crippen molar-refractivity contribution in [2.45, 2.75) is 20.5 Å². The van der Waals surface area contributed by atoms with Gasteiger partial charge in [-0.1, -0.05) is 12.1 Å². The molecule has 0 bridgehead atoms. The molecule has 7 nitrogen and oxygen atoms in total.